The summed E-state index contributed by atoms with van der Waals surface area (Å²) in [4.78, 5) is 0. The van der Waals surface area contributed by atoms with Crippen LogP contribution in [0.2, 0.25) is 0 Å². The number of halogens is 1. The van der Waals surface area contributed by atoms with Crippen molar-refractivity contribution < 1.29 is 4.39 Å². The van der Waals surface area contributed by atoms with E-state index < -0.39 is 0 Å². The topological polar surface area (TPSA) is 35.8 Å². The third-order valence-corrected chi connectivity index (χ3v) is 3.32. The summed E-state index contributed by atoms with van der Waals surface area (Å²) < 4.78 is 13.6. The fraction of sp³-hybridized carbons (Fsp3) is 0.562. The first-order valence-electron chi connectivity index (χ1n) is 7.13. The van der Waals surface area contributed by atoms with Crippen molar-refractivity contribution in [2.75, 3.05) is 11.9 Å². The number of hydrogen-bond donors (Lipinski definition) is 1. The molecular formula is C16H23FN2. The summed E-state index contributed by atoms with van der Waals surface area (Å²) in [5.41, 5.74) is 1.70. The van der Waals surface area contributed by atoms with Gasteiger partial charge in [-0.1, -0.05) is 39.0 Å². The van der Waals surface area contributed by atoms with E-state index in [1.54, 1.807) is 13.0 Å². The van der Waals surface area contributed by atoms with E-state index in [-0.39, 0.29) is 5.82 Å². The van der Waals surface area contributed by atoms with E-state index in [2.05, 4.69) is 12.2 Å². The predicted octanol–water partition coefficient (Wildman–Crippen LogP) is 4.78. The molecule has 0 spiro atoms. The monoisotopic (exact) mass is 262 g/mol. The fourth-order valence-electron chi connectivity index (χ4n) is 2.06. The summed E-state index contributed by atoms with van der Waals surface area (Å²) in [5.74, 6) is -0.315. The predicted molar refractivity (Wildman–Crippen MR) is 77.7 cm³/mol. The molecule has 0 saturated heterocycles. The molecule has 1 rings (SSSR count). The van der Waals surface area contributed by atoms with Gasteiger partial charge in [0, 0.05) is 17.8 Å². The van der Waals surface area contributed by atoms with Gasteiger partial charge in [0.1, 0.15) is 5.82 Å². The van der Waals surface area contributed by atoms with Crippen molar-refractivity contribution >= 4 is 5.69 Å². The molecule has 0 amide bonds. The van der Waals surface area contributed by atoms with Gasteiger partial charge in [-0.3, -0.25) is 0 Å². The summed E-state index contributed by atoms with van der Waals surface area (Å²) in [7, 11) is 0. The van der Waals surface area contributed by atoms with Gasteiger partial charge in [-0.2, -0.15) is 5.26 Å². The number of nitrogens with one attached hydrogen (secondary N) is 1. The maximum Gasteiger partial charge on any atom is 0.129 e. The van der Waals surface area contributed by atoms with Gasteiger partial charge in [0.15, 0.2) is 0 Å². The second-order valence-corrected chi connectivity index (χ2v) is 4.94. The molecule has 0 aliphatic heterocycles. The minimum absolute atomic E-state index is 0.315. The fourth-order valence-corrected chi connectivity index (χ4v) is 2.06. The third kappa shape index (κ3) is 5.30. The molecule has 2 nitrogen and oxygen atoms in total. The van der Waals surface area contributed by atoms with Crippen molar-refractivity contribution in [1.29, 1.82) is 5.26 Å². The molecular weight excluding hydrogens is 239 g/mol. The summed E-state index contributed by atoms with van der Waals surface area (Å²) >= 11 is 0. The lowest BCUT2D eigenvalue weighted by Crippen LogP contribution is -2.04. The number of rotatable bonds is 8. The Hall–Kier alpha value is -1.56. The van der Waals surface area contributed by atoms with Crippen LogP contribution in [-0.2, 0) is 0 Å². The van der Waals surface area contributed by atoms with Crippen molar-refractivity contribution in [3.8, 4) is 6.07 Å². The molecule has 0 radical (unpaired) electrons. The molecule has 0 aliphatic carbocycles. The Morgan fingerprint density at radius 1 is 1.16 bits per heavy atom. The second kappa shape index (κ2) is 8.53. The quantitative estimate of drug-likeness (QED) is 0.684. The minimum Gasteiger partial charge on any atom is -0.385 e. The highest BCUT2D eigenvalue weighted by atomic mass is 19.1. The van der Waals surface area contributed by atoms with Gasteiger partial charge < -0.3 is 5.32 Å². The van der Waals surface area contributed by atoms with Crippen molar-refractivity contribution in [2.24, 2.45) is 0 Å². The van der Waals surface area contributed by atoms with Crippen molar-refractivity contribution in [3.05, 3.63) is 29.1 Å². The number of anilines is 1. The third-order valence-electron chi connectivity index (χ3n) is 3.32. The first kappa shape index (κ1) is 15.5. The second-order valence-electron chi connectivity index (χ2n) is 4.94. The number of nitriles is 1. The highest BCUT2D eigenvalue weighted by molar-refractivity contribution is 5.55. The Kier molecular flexibility index (Phi) is 6.95. The average Bonchev–Trinajstić information content (AvgIpc) is 2.42. The molecule has 0 saturated carbocycles. The van der Waals surface area contributed by atoms with Gasteiger partial charge in [0.2, 0.25) is 0 Å². The molecule has 0 unspecified atom stereocenters. The molecule has 104 valence electrons. The van der Waals surface area contributed by atoms with Crippen LogP contribution in [-0.4, -0.2) is 6.54 Å². The lowest BCUT2D eigenvalue weighted by atomic mass is 10.1. The molecule has 0 atom stereocenters. The van der Waals surface area contributed by atoms with Crippen molar-refractivity contribution in [2.45, 2.75) is 52.4 Å². The largest absolute Gasteiger partial charge is 0.385 e. The molecule has 0 fully saturated rings. The van der Waals surface area contributed by atoms with Crippen LogP contribution in [0.5, 0.6) is 0 Å². The molecule has 1 aromatic carbocycles. The van der Waals surface area contributed by atoms with Gasteiger partial charge in [-0.05, 0) is 25.5 Å². The molecule has 0 aromatic heterocycles. The zero-order valence-electron chi connectivity index (χ0n) is 11.9. The van der Waals surface area contributed by atoms with Gasteiger partial charge >= 0.3 is 0 Å². The maximum atomic E-state index is 13.6. The van der Waals surface area contributed by atoms with Crippen LogP contribution >= 0.6 is 0 Å². The van der Waals surface area contributed by atoms with Gasteiger partial charge in [0.25, 0.3) is 0 Å². The number of hydrogen-bond acceptors (Lipinski definition) is 2. The average molecular weight is 262 g/mol. The van der Waals surface area contributed by atoms with E-state index in [0.29, 0.717) is 11.1 Å². The van der Waals surface area contributed by atoms with Crippen LogP contribution in [0.4, 0.5) is 10.1 Å². The van der Waals surface area contributed by atoms with Crippen molar-refractivity contribution in [1.82, 2.24) is 0 Å². The molecule has 1 N–H and O–H groups in total. The SMILES string of the molecule is CCCCCCCCNc1cc(C#N)cc(F)c1C. The van der Waals surface area contributed by atoms with Crippen LogP contribution in [0, 0.1) is 24.1 Å². The normalized spacial score (nSPS) is 10.2. The number of nitrogens with zero attached hydrogens (tertiary/aromatic N) is 1. The van der Waals surface area contributed by atoms with Crippen LogP contribution < -0.4 is 5.32 Å². The Morgan fingerprint density at radius 3 is 2.53 bits per heavy atom. The molecule has 0 aliphatic rings. The Bertz CT molecular complexity index is 435. The van der Waals surface area contributed by atoms with Crippen LogP contribution in [0.25, 0.3) is 0 Å². The Morgan fingerprint density at radius 2 is 1.84 bits per heavy atom. The van der Waals surface area contributed by atoms with Gasteiger partial charge in [-0.15, -0.1) is 0 Å². The van der Waals surface area contributed by atoms with E-state index >= 15 is 0 Å². The standard InChI is InChI=1S/C16H23FN2/c1-3-4-5-6-7-8-9-19-16-11-14(12-18)10-15(17)13(16)2/h10-11,19H,3-9H2,1-2H3. The summed E-state index contributed by atoms with van der Waals surface area (Å²) in [6.45, 7) is 4.78. The minimum atomic E-state index is -0.315. The summed E-state index contributed by atoms with van der Waals surface area (Å²) in [6, 6.07) is 4.98. The zero-order chi connectivity index (χ0) is 14.1. The van der Waals surface area contributed by atoms with Crippen LogP contribution in [0.3, 0.4) is 0 Å². The molecule has 19 heavy (non-hydrogen) atoms. The van der Waals surface area contributed by atoms with E-state index in [9.17, 15) is 4.39 Å². The first-order valence-corrected chi connectivity index (χ1v) is 7.13. The van der Waals surface area contributed by atoms with E-state index in [1.165, 1.54) is 38.2 Å². The zero-order valence-corrected chi connectivity index (χ0v) is 11.9. The Labute approximate surface area is 115 Å². The highest BCUT2D eigenvalue weighted by Gasteiger charge is 2.06. The molecule has 1 aromatic rings. The first-order chi connectivity index (χ1) is 9.19. The molecule has 3 heteroatoms. The Balaban J connectivity index is 2.37. The summed E-state index contributed by atoms with van der Waals surface area (Å²) in [6.07, 6.45) is 7.42. The molecule has 0 heterocycles. The lowest BCUT2D eigenvalue weighted by Gasteiger charge is -2.10. The van der Waals surface area contributed by atoms with Crippen LogP contribution in [0.1, 0.15) is 56.6 Å². The maximum absolute atomic E-state index is 13.6. The summed E-state index contributed by atoms with van der Waals surface area (Å²) in [5, 5.41) is 12.1. The lowest BCUT2D eigenvalue weighted by molar-refractivity contribution is 0.613. The molecule has 0 bridgehead atoms. The smallest absolute Gasteiger partial charge is 0.129 e. The number of unbranched alkanes of at least 4 members (excludes halogenated alkanes) is 5. The van der Waals surface area contributed by atoms with Gasteiger partial charge in [0.05, 0.1) is 11.6 Å². The number of benzene rings is 1. The van der Waals surface area contributed by atoms with Gasteiger partial charge in [-0.25, -0.2) is 4.39 Å². The van der Waals surface area contributed by atoms with E-state index in [4.69, 9.17) is 5.26 Å². The van der Waals surface area contributed by atoms with E-state index in [0.717, 1.165) is 18.7 Å². The van der Waals surface area contributed by atoms with Crippen LogP contribution in [0.15, 0.2) is 12.1 Å². The van der Waals surface area contributed by atoms with Crippen molar-refractivity contribution in [3.63, 3.8) is 0 Å². The highest BCUT2D eigenvalue weighted by Crippen LogP contribution is 2.20. The van der Waals surface area contributed by atoms with E-state index in [1.807, 2.05) is 6.07 Å².